The Hall–Kier alpha value is -3.15. The van der Waals surface area contributed by atoms with Crippen LogP contribution in [0.1, 0.15) is 45.9 Å². The maximum absolute atomic E-state index is 6.20. The second-order valence-electron chi connectivity index (χ2n) is 8.85. The van der Waals surface area contributed by atoms with E-state index in [0.717, 1.165) is 11.4 Å². The molecule has 3 heterocycles. The fourth-order valence-corrected chi connectivity index (χ4v) is 5.46. The van der Waals surface area contributed by atoms with Gasteiger partial charge in [0.15, 0.2) is 5.11 Å². The summed E-state index contributed by atoms with van der Waals surface area (Å²) >= 11 is 12.1. The van der Waals surface area contributed by atoms with Gasteiger partial charge in [-0.25, -0.2) is 0 Å². The van der Waals surface area contributed by atoms with Gasteiger partial charge in [-0.2, -0.15) is 0 Å². The van der Waals surface area contributed by atoms with Crippen LogP contribution >= 0.6 is 23.8 Å². The summed E-state index contributed by atoms with van der Waals surface area (Å²) in [5.41, 5.74) is 9.34. The van der Waals surface area contributed by atoms with Gasteiger partial charge in [-0.05, 0) is 105 Å². The van der Waals surface area contributed by atoms with E-state index in [-0.39, 0.29) is 12.1 Å². The third-order valence-corrected chi connectivity index (χ3v) is 7.38. The minimum atomic E-state index is -0.0862. The van der Waals surface area contributed by atoms with E-state index < -0.39 is 0 Å². The van der Waals surface area contributed by atoms with Crippen LogP contribution in [-0.4, -0.2) is 14.7 Å². The fourth-order valence-electron chi connectivity index (χ4n) is 4.99. The number of benzene rings is 2. The molecule has 1 aliphatic rings. The topological polar surface area (TPSA) is 33.1 Å². The van der Waals surface area contributed by atoms with Gasteiger partial charge in [0.1, 0.15) is 0 Å². The first-order chi connectivity index (χ1) is 16.4. The highest BCUT2D eigenvalue weighted by molar-refractivity contribution is 7.80. The number of aryl methyl sites for hydroxylation is 2. The zero-order chi connectivity index (χ0) is 24.0. The van der Waals surface area contributed by atoms with Gasteiger partial charge in [0, 0.05) is 34.0 Å². The van der Waals surface area contributed by atoms with E-state index in [0.29, 0.717) is 10.1 Å². The van der Waals surface area contributed by atoms with Crippen molar-refractivity contribution >= 4 is 34.6 Å². The van der Waals surface area contributed by atoms with Gasteiger partial charge in [-0.3, -0.25) is 4.98 Å². The molecule has 0 spiro atoms. The number of hydrogen-bond acceptors (Lipinski definition) is 2. The molecule has 1 aliphatic heterocycles. The van der Waals surface area contributed by atoms with Crippen LogP contribution in [0, 0.1) is 27.7 Å². The smallest absolute Gasteiger partial charge is 0.174 e. The molecule has 0 unspecified atom stereocenters. The van der Waals surface area contributed by atoms with E-state index >= 15 is 0 Å². The van der Waals surface area contributed by atoms with Gasteiger partial charge in [0.2, 0.25) is 0 Å². The number of anilines is 1. The van der Waals surface area contributed by atoms with Crippen LogP contribution in [0.4, 0.5) is 5.69 Å². The van der Waals surface area contributed by atoms with E-state index in [1.165, 1.54) is 33.8 Å². The summed E-state index contributed by atoms with van der Waals surface area (Å²) in [4.78, 5) is 6.87. The molecule has 0 saturated carbocycles. The average molecular weight is 487 g/mol. The number of hydrogen-bond donors (Lipinski definition) is 1. The standard InChI is InChI=1S/C28H27ClN4S/c1-17-8-7-10-25(19(17)3)32-18(2)16-23(20(32)4)27-26(24-9-5-6-15-30-24)31-28(34)33(27)22-13-11-21(29)12-14-22/h5-16,26-27H,1-4H3,(H,31,34)/t26-,27+/m1/s1. The third-order valence-electron chi connectivity index (χ3n) is 6.81. The quantitative estimate of drug-likeness (QED) is 0.317. The van der Waals surface area contributed by atoms with Gasteiger partial charge in [0.05, 0.1) is 17.8 Å². The van der Waals surface area contributed by atoms with Gasteiger partial charge in [-0.15, -0.1) is 0 Å². The minimum Gasteiger partial charge on any atom is -0.351 e. The molecule has 0 bridgehead atoms. The molecule has 4 aromatic rings. The van der Waals surface area contributed by atoms with Crippen molar-refractivity contribution in [3.8, 4) is 5.69 Å². The molecule has 2 atom stereocenters. The highest BCUT2D eigenvalue weighted by Crippen LogP contribution is 2.44. The van der Waals surface area contributed by atoms with Crippen molar-refractivity contribution in [2.75, 3.05) is 4.90 Å². The lowest BCUT2D eigenvalue weighted by atomic mass is 9.96. The molecule has 34 heavy (non-hydrogen) atoms. The fraction of sp³-hybridized carbons (Fsp3) is 0.214. The predicted octanol–water partition coefficient (Wildman–Crippen LogP) is 6.94. The van der Waals surface area contributed by atoms with Gasteiger partial charge in [0.25, 0.3) is 0 Å². The number of aromatic nitrogens is 2. The lowest BCUT2D eigenvalue weighted by Gasteiger charge is -2.28. The van der Waals surface area contributed by atoms with Crippen molar-refractivity contribution in [2.45, 2.75) is 39.8 Å². The normalized spacial score (nSPS) is 17.8. The number of nitrogens with one attached hydrogen (secondary N) is 1. The maximum atomic E-state index is 6.20. The summed E-state index contributed by atoms with van der Waals surface area (Å²) < 4.78 is 2.36. The number of thiocarbonyl (C=S) groups is 1. The molecule has 6 heteroatoms. The summed E-state index contributed by atoms with van der Waals surface area (Å²) in [5, 5.41) is 4.93. The Morgan fingerprint density at radius 3 is 2.41 bits per heavy atom. The zero-order valence-corrected chi connectivity index (χ0v) is 21.3. The number of pyridine rings is 1. The minimum absolute atomic E-state index is 0.0614. The van der Waals surface area contributed by atoms with Crippen molar-refractivity contribution in [3.05, 3.63) is 112 Å². The Bertz CT molecular complexity index is 1360. The Balaban J connectivity index is 1.70. The van der Waals surface area contributed by atoms with Crippen LogP contribution in [0.25, 0.3) is 5.69 Å². The van der Waals surface area contributed by atoms with Crippen LogP contribution < -0.4 is 10.2 Å². The van der Waals surface area contributed by atoms with E-state index in [4.69, 9.17) is 23.8 Å². The molecule has 1 N–H and O–H groups in total. The van der Waals surface area contributed by atoms with Crippen LogP contribution in [0.15, 0.2) is 72.9 Å². The molecular weight excluding hydrogens is 460 g/mol. The van der Waals surface area contributed by atoms with Gasteiger partial charge in [-0.1, -0.05) is 29.8 Å². The van der Waals surface area contributed by atoms with Crippen LogP contribution in [0.5, 0.6) is 0 Å². The molecule has 0 aliphatic carbocycles. The van der Waals surface area contributed by atoms with E-state index in [1.54, 1.807) is 0 Å². The summed E-state index contributed by atoms with van der Waals surface area (Å²) in [5.74, 6) is 0. The van der Waals surface area contributed by atoms with Crippen LogP contribution in [0.2, 0.25) is 5.02 Å². The molecule has 0 radical (unpaired) electrons. The van der Waals surface area contributed by atoms with E-state index in [2.05, 4.69) is 77.8 Å². The second kappa shape index (κ2) is 8.90. The first-order valence-corrected chi connectivity index (χ1v) is 12.2. The van der Waals surface area contributed by atoms with Crippen molar-refractivity contribution in [1.29, 1.82) is 0 Å². The second-order valence-corrected chi connectivity index (χ2v) is 9.68. The third kappa shape index (κ3) is 3.79. The highest BCUT2D eigenvalue weighted by Gasteiger charge is 2.42. The lowest BCUT2D eigenvalue weighted by Crippen LogP contribution is -2.29. The predicted molar refractivity (Wildman–Crippen MR) is 144 cm³/mol. The first-order valence-electron chi connectivity index (χ1n) is 11.4. The summed E-state index contributed by atoms with van der Waals surface area (Å²) in [6.07, 6.45) is 1.83. The Morgan fingerprint density at radius 2 is 1.71 bits per heavy atom. The van der Waals surface area contributed by atoms with E-state index in [1.807, 2.05) is 42.6 Å². The molecule has 172 valence electrons. The molecular formula is C28H27ClN4S. The highest BCUT2D eigenvalue weighted by atomic mass is 35.5. The number of rotatable bonds is 4. The SMILES string of the molecule is Cc1cccc(-n2c(C)cc([C@H]3[C@@H](c4ccccn4)NC(=S)N3c3ccc(Cl)cc3)c2C)c1C. The Kier molecular flexibility index (Phi) is 5.92. The summed E-state index contributed by atoms with van der Waals surface area (Å²) in [6, 6.07) is 22.5. The van der Waals surface area contributed by atoms with Gasteiger partial charge >= 0.3 is 0 Å². The summed E-state index contributed by atoms with van der Waals surface area (Å²) in [7, 11) is 0. The number of nitrogens with zero attached hydrogens (tertiary/aromatic N) is 3. The monoisotopic (exact) mass is 486 g/mol. The average Bonchev–Trinajstić information content (AvgIpc) is 3.32. The largest absolute Gasteiger partial charge is 0.351 e. The molecule has 2 aromatic heterocycles. The molecule has 1 fully saturated rings. The molecule has 1 saturated heterocycles. The molecule has 4 nitrogen and oxygen atoms in total. The number of halogens is 1. The molecule has 0 amide bonds. The Labute approximate surface area is 211 Å². The zero-order valence-electron chi connectivity index (χ0n) is 19.7. The molecule has 5 rings (SSSR count). The van der Waals surface area contributed by atoms with E-state index in [9.17, 15) is 0 Å². The van der Waals surface area contributed by atoms with Crippen LogP contribution in [0.3, 0.4) is 0 Å². The molecule has 2 aromatic carbocycles. The lowest BCUT2D eigenvalue weighted by molar-refractivity contribution is 0.565. The van der Waals surface area contributed by atoms with Crippen LogP contribution in [-0.2, 0) is 0 Å². The van der Waals surface area contributed by atoms with Crippen molar-refractivity contribution in [2.24, 2.45) is 0 Å². The van der Waals surface area contributed by atoms with Gasteiger partial charge < -0.3 is 14.8 Å². The van der Waals surface area contributed by atoms with Crippen molar-refractivity contribution < 1.29 is 0 Å². The summed E-state index contributed by atoms with van der Waals surface area (Å²) in [6.45, 7) is 8.71. The Morgan fingerprint density at radius 1 is 0.941 bits per heavy atom. The maximum Gasteiger partial charge on any atom is 0.174 e. The van der Waals surface area contributed by atoms with Crippen molar-refractivity contribution in [3.63, 3.8) is 0 Å². The first kappa shape index (κ1) is 22.6. The van der Waals surface area contributed by atoms with Crippen molar-refractivity contribution in [1.82, 2.24) is 14.9 Å².